The van der Waals surface area contributed by atoms with E-state index in [9.17, 15) is 4.79 Å². The molecule has 0 atom stereocenters. The third-order valence-corrected chi connectivity index (χ3v) is 3.47. The molecule has 1 N–H and O–H groups in total. The van der Waals surface area contributed by atoms with E-state index in [1.807, 2.05) is 24.3 Å². The number of nitrogens with one attached hydrogen (secondary N) is 1. The summed E-state index contributed by atoms with van der Waals surface area (Å²) in [6, 6.07) is 10.7. The van der Waals surface area contributed by atoms with Crippen molar-refractivity contribution in [3.63, 3.8) is 0 Å². The molecule has 0 aliphatic carbocycles. The number of hydrogen-bond donors (Lipinski definition) is 1. The first-order valence-corrected chi connectivity index (χ1v) is 7.34. The van der Waals surface area contributed by atoms with Gasteiger partial charge in [0.05, 0.1) is 34.9 Å². The summed E-state index contributed by atoms with van der Waals surface area (Å²) in [5, 5.41) is 2.83. The standard InChI is InChI=1S/C18H21NO5/c1-21-14-7-5-12(6-8-14)9-17(20)19-13-10-15(22-2)18(24-4)16(11-13)23-3/h5-8,10-11H,9H2,1-4H3,(H,19,20). The van der Waals surface area contributed by atoms with Gasteiger partial charge in [0, 0.05) is 17.8 Å². The number of hydrogen-bond acceptors (Lipinski definition) is 5. The van der Waals surface area contributed by atoms with Gasteiger partial charge >= 0.3 is 0 Å². The van der Waals surface area contributed by atoms with E-state index in [0.29, 0.717) is 22.9 Å². The fraction of sp³-hybridized carbons (Fsp3) is 0.278. The van der Waals surface area contributed by atoms with Crippen molar-refractivity contribution in [3.8, 4) is 23.0 Å². The Labute approximate surface area is 141 Å². The Hall–Kier alpha value is -2.89. The third kappa shape index (κ3) is 4.10. The first kappa shape index (κ1) is 17.5. The van der Waals surface area contributed by atoms with Gasteiger partial charge in [-0.05, 0) is 17.7 Å². The SMILES string of the molecule is COc1ccc(CC(=O)Nc2cc(OC)c(OC)c(OC)c2)cc1. The molecule has 0 aliphatic rings. The smallest absolute Gasteiger partial charge is 0.228 e. The predicted molar refractivity (Wildman–Crippen MR) is 91.4 cm³/mol. The van der Waals surface area contributed by atoms with E-state index in [-0.39, 0.29) is 12.3 Å². The van der Waals surface area contributed by atoms with Crippen molar-refractivity contribution < 1.29 is 23.7 Å². The summed E-state index contributed by atoms with van der Waals surface area (Å²) in [5.41, 5.74) is 1.46. The van der Waals surface area contributed by atoms with Gasteiger partial charge in [-0.15, -0.1) is 0 Å². The van der Waals surface area contributed by atoms with Gasteiger partial charge in [-0.25, -0.2) is 0 Å². The molecule has 2 aromatic carbocycles. The van der Waals surface area contributed by atoms with Gasteiger partial charge in [0.25, 0.3) is 0 Å². The van der Waals surface area contributed by atoms with Crippen molar-refractivity contribution >= 4 is 11.6 Å². The van der Waals surface area contributed by atoms with Crippen molar-refractivity contribution in [3.05, 3.63) is 42.0 Å². The Balaban J connectivity index is 2.12. The number of ether oxygens (including phenoxy) is 4. The number of carbonyl (C=O) groups is 1. The highest BCUT2D eigenvalue weighted by Gasteiger charge is 2.14. The molecular weight excluding hydrogens is 310 g/mol. The topological polar surface area (TPSA) is 66.0 Å². The Morgan fingerprint density at radius 2 is 1.46 bits per heavy atom. The number of rotatable bonds is 7. The van der Waals surface area contributed by atoms with Crippen LogP contribution in [0.5, 0.6) is 23.0 Å². The van der Waals surface area contributed by atoms with Crippen LogP contribution in [-0.4, -0.2) is 34.3 Å². The van der Waals surface area contributed by atoms with Gasteiger partial charge in [-0.2, -0.15) is 0 Å². The van der Waals surface area contributed by atoms with Crippen LogP contribution in [-0.2, 0) is 11.2 Å². The van der Waals surface area contributed by atoms with Crippen molar-refractivity contribution in [2.24, 2.45) is 0 Å². The number of anilines is 1. The largest absolute Gasteiger partial charge is 0.497 e. The third-order valence-electron chi connectivity index (χ3n) is 3.47. The summed E-state index contributed by atoms with van der Waals surface area (Å²) < 4.78 is 20.9. The zero-order chi connectivity index (χ0) is 17.5. The monoisotopic (exact) mass is 331 g/mol. The molecule has 0 radical (unpaired) electrons. The van der Waals surface area contributed by atoms with Crippen molar-refractivity contribution in [2.45, 2.75) is 6.42 Å². The lowest BCUT2D eigenvalue weighted by atomic mass is 10.1. The lowest BCUT2D eigenvalue weighted by Crippen LogP contribution is -2.14. The van der Waals surface area contributed by atoms with E-state index < -0.39 is 0 Å². The Morgan fingerprint density at radius 1 is 0.875 bits per heavy atom. The normalized spacial score (nSPS) is 10.0. The van der Waals surface area contributed by atoms with Gasteiger partial charge in [-0.1, -0.05) is 12.1 Å². The van der Waals surface area contributed by atoms with Crippen molar-refractivity contribution in [1.82, 2.24) is 0 Å². The molecule has 6 nitrogen and oxygen atoms in total. The van der Waals surface area contributed by atoms with Gasteiger partial charge in [0.1, 0.15) is 5.75 Å². The molecule has 0 aromatic heterocycles. The molecule has 0 unspecified atom stereocenters. The molecular formula is C18H21NO5. The molecule has 6 heteroatoms. The lowest BCUT2D eigenvalue weighted by Gasteiger charge is -2.14. The predicted octanol–water partition coefficient (Wildman–Crippen LogP) is 2.90. The molecule has 24 heavy (non-hydrogen) atoms. The van der Waals surface area contributed by atoms with Crippen LogP contribution in [0.1, 0.15) is 5.56 Å². The van der Waals surface area contributed by atoms with E-state index in [0.717, 1.165) is 11.3 Å². The molecule has 2 rings (SSSR count). The number of amides is 1. The quantitative estimate of drug-likeness (QED) is 0.845. The Morgan fingerprint density at radius 3 is 1.92 bits per heavy atom. The molecule has 0 aliphatic heterocycles. The second kappa shape index (κ2) is 8.10. The highest BCUT2D eigenvalue weighted by atomic mass is 16.5. The fourth-order valence-corrected chi connectivity index (χ4v) is 2.29. The van der Waals surface area contributed by atoms with E-state index in [2.05, 4.69) is 5.32 Å². The second-order valence-electron chi connectivity index (χ2n) is 4.99. The number of methoxy groups -OCH3 is 4. The van der Waals surface area contributed by atoms with E-state index in [1.165, 1.54) is 21.3 Å². The zero-order valence-corrected chi connectivity index (χ0v) is 14.2. The number of carbonyl (C=O) groups excluding carboxylic acids is 1. The van der Waals surface area contributed by atoms with Crippen LogP contribution in [0.4, 0.5) is 5.69 Å². The van der Waals surface area contributed by atoms with E-state index in [1.54, 1.807) is 19.2 Å². The zero-order valence-electron chi connectivity index (χ0n) is 14.2. The van der Waals surface area contributed by atoms with Gasteiger partial charge < -0.3 is 24.3 Å². The highest BCUT2D eigenvalue weighted by Crippen LogP contribution is 2.39. The van der Waals surface area contributed by atoms with Crippen LogP contribution >= 0.6 is 0 Å². The Kier molecular flexibility index (Phi) is 5.89. The molecule has 0 bridgehead atoms. The lowest BCUT2D eigenvalue weighted by molar-refractivity contribution is -0.115. The Bertz CT molecular complexity index is 672. The van der Waals surface area contributed by atoms with Gasteiger partial charge in [0.2, 0.25) is 11.7 Å². The minimum atomic E-state index is -0.144. The van der Waals surface area contributed by atoms with Crippen LogP contribution in [0.2, 0.25) is 0 Å². The maximum atomic E-state index is 12.2. The molecule has 2 aromatic rings. The molecule has 0 saturated heterocycles. The minimum Gasteiger partial charge on any atom is -0.497 e. The first-order chi connectivity index (χ1) is 11.6. The average Bonchev–Trinajstić information content (AvgIpc) is 2.61. The highest BCUT2D eigenvalue weighted by molar-refractivity contribution is 5.93. The molecule has 0 heterocycles. The van der Waals surface area contributed by atoms with Gasteiger partial charge in [-0.3, -0.25) is 4.79 Å². The maximum Gasteiger partial charge on any atom is 0.228 e. The van der Waals surface area contributed by atoms with E-state index in [4.69, 9.17) is 18.9 Å². The van der Waals surface area contributed by atoms with Crippen LogP contribution in [0.3, 0.4) is 0 Å². The fourth-order valence-electron chi connectivity index (χ4n) is 2.29. The minimum absolute atomic E-state index is 0.144. The molecule has 0 saturated carbocycles. The first-order valence-electron chi connectivity index (χ1n) is 7.34. The molecule has 128 valence electrons. The van der Waals surface area contributed by atoms with Crippen LogP contribution in [0, 0.1) is 0 Å². The summed E-state index contributed by atoms with van der Waals surface area (Å²) in [6.07, 6.45) is 0.251. The van der Waals surface area contributed by atoms with Crippen LogP contribution in [0.15, 0.2) is 36.4 Å². The van der Waals surface area contributed by atoms with Crippen molar-refractivity contribution in [1.29, 1.82) is 0 Å². The summed E-state index contributed by atoms with van der Waals surface area (Å²) in [5.74, 6) is 2.06. The summed E-state index contributed by atoms with van der Waals surface area (Å²) in [4.78, 5) is 12.2. The van der Waals surface area contributed by atoms with E-state index >= 15 is 0 Å². The van der Waals surface area contributed by atoms with Crippen LogP contribution < -0.4 is 24.3 Å². The molecule has 0 spiro atoms. The summed E-state index contributed by atoms with van der Waals surface area (Å²) in [6.45, 7) is 0. The van der Waals surface area contributed by atoms with Crippen LogP contribution in [0.25, 0.3) is 0 Å². The number of benzene rings is 2. The van der Waals surface area contributed by atoms with Crippen molar-refractivity contribution in [2.75, 3.05) is 33.8 Å². The molecule has 0 fully saturated rings. The average molecular weight is 331 g/mol. The summed E-state index contributed by atoms with van der Waals surface area (Å²) >= 11 is 0. The summed E-state index contributed by atoms with van der Waals surface area (Å²) in [7, 11) is 6.19. The second-order valence-corrected chi connectivity index (χ2v) is 4.99. The molecule has 1 amide bonds. The maximum absolute atomic E-state index is 12.2. The van der Waals surface area contributed by atoms with Gasteiger partial charge in [0.15, 0.2) is 11.5 Å².